The SMILES string of the molecule is CN=C(NCCc1ccc(F)cc1)N1CCN(C(=O)C2CCCO2)CC1.I. The van der Waals surface area contributed by atoms with Crippen molar-refractivity contribution in [3.63, 3.8) is 0 Å². The van der Waals surface area contributed by atoms with Crippen LogP contribution in [0.3, 0.4) is 0 Å². The summed E-state index contributed by atoms with van der Waals surface area (Å²) in [6.45, 7) is 4.33. The second-order valence-corrected chi connectivity index (χ2v) is 6.66. The third-order valence-electron chi connectivity index (χ3n) is 4.92. The van der Waals surface area contributed by atoms with Gasteiger partial charge in [0.2, 0.25) is 0 Å². The first-order valence-corrected chi connectivity index (χ1v) is 9.28. The Morgan fingerprint density at radius 1 is 1.22 bits per heavy atom. The number of aliphatic imine (C=N–C) groups is 1. The van der Waals surface area contributed by atoms with Crippen LogP contribution in [0.1, 0.15) is 18.4 Å². The molecule has 0 radical (unpaired) electrons. The number of amides is 1. The number of piperazine rings is 1. The number of halogens is 2. The minimum absolute atomic E-state index is 0. The number of carbonyl (C=O) groups excluding carboxylic acids is 1. The molecule has 1 aromatic rings. The Kier molecular flexibility index (Phi) is 8.75. The van der Waals surface area contributed by atoms with Gasteiger partial charge in [0.25, 0.3) is 5.91 Å². The van der Waals surface area contributed by atoms with Gasteiger partial charge in [0.1, 0.15) is 11.9 Å². The highest BCUT2D eigenvalue weighted by atomic mass is 127. The van der Waals surface area contributed by atoms with Crippen molar-refractivity contribution in [2.24, 2.45) is 4.99 Å². The van der Waals surface area contributed by atoms with Gasteiger partial charge in [-0.1, -0.05) is 12.1 Å². The summed E-state index contributed by atoms with van der Waals surface area (Å²) in [5.74, 6) is 0.755. The van der Waals surface area contributed by atoms with Gasteiger partial charge in [-0.05, 0) is 37.0 Å². The fraction of sp³-hybridized carbons (Fsp3) is 0.579. The molecule has 6 nitrogen and oxygen atoms in total. The Morgan fingerprint density at radius 3 is 2.48 bits per heavy atom. The molecule has 2 aliphatic heterocycles. The zero-order valence-corrected chi connectivity index (χ0v) is 18.0. The number of hydrogen-bond donors (Lipinski definition) is 1. The van der Waals surface area contributed by atoms with Crippen LogP contribution in [0.25, 0.3) is 0 Å². The van der Waals surface area contributed by atoms with Crippen LogP contribution in [0.4, 0.5) is 4.39 Å². The molecule has 1 atom stereocenters. The van der Waals surface area contributed by atoms with Crippen molar-refractivity contribution in [2.45, 2.75) is 25.4 Å². The number of benzene rings is 1. The van der Waals surface area contributed by atoms with Crippen molar-refractivity contribution in [1.82, 2.24) is 15.1 Å². The van der Waals surface area contributed by atoms with Crippen molar-refractivity contribution < 1.29 is 13.9 Å². The van der Waals surface area contributed by atoms with Crippen LogP contribution < -0.4 is 5.32 Å². The topological polar surface area (TPSA) is 57.2 Å². The van der Waals surface area contributed by atoms with Crippen molar-refractivity contribution >= 4 is 35.8 Å². The van der Waals surface area contributed by atoms with Crippen LogP contribution in [-0.4, -0.2) is 74.1 Å². The Hall–Kier alpha value is -1.42. The standard InChI is InChI=1S/C19H27FN4O2.HI/c1-21-19(22-9-8-15-4-6-16(20)7-5-15)24-12-10-23(11-13-24)18(25)17-3-2-14-26-17;/h4-7,17H,2-3,8-14H2,1H3,(H,21,22);1H. The molecule has 0 saturated carbocycles. The fourth-order valence-electron chi connectivity index (χ4n) is 3.42. The van der Waals surface area contributed by atoms with E-state index in [1.54, 1.807) is 19.2 Å². The first kappa shape index (κ1) is 21.9. The lowest BCUT2D eigenvalue weighted by molar-refractivity contribution is -0.142. The highest BCUT2D eigenvalue weighted by molar-refractivity contribution is 14.0. The van der Waals surface area contributed by atoms with E-state index >= 15 is 0 Å². The first-order valence-electron chi connectivity index (χ1n) is 9.28. The predicted octanol–water partition coefficient (Wildman–Crippen LogP) is 1.88. The summed E-state index contributed by atoms with van der Waals surface area (Å²) in [5, 5.41) is 3.36. The Morgan fingerprint density at radius 2 is 1.89 bits per heavy atom. The molecular weight excluding hydrogens is 462 g/mol. The number of carbonyl (C=O) groups is 1. The van der Waals surface area contributed by atoms with E-state index in [-0.39, 0.29) is 41.8 Å². The molecule has 27 heavy (non-hydrogen) atoms. The number of ether oxygens (including phenoxy) is 1. The quantitative estimate of drug-likeness (QED) is 0.398. The monoisotopic (exact) mass is 490 g/mol. The summed E-state index contributed by atoms with van der Waals surface area (Å²) in [5.41, 5.74) is 1.08. The second kappa shape index (κ2) is 10.8. The van der Waals surface area contributed by atoms with E-state index in [4.69, 9.17) is 4.74 Å². The van der Waals surface area contributed by atoms with Crippen LogP contribution >= 0.6 is 24.0 Å². The van der Waals surface area contributed by atoms with Crippen LogP contribution in [0.2, 0.25) is 0 Å². The molecule has 1 unspecified atom stereocenters. The molecule has 2 saturated heterocycles. The molecule has 2 heterocycles. The molecule has 1 aromatic carbocycles. The summed E-state index contributed by atoms with van der Waals surface area (Å²) < 4.78 is 18.4. The Balaban J connectivity index is 0.00000261. The van der Waals surface area contributed by atoms with Crippen molar-refractivity contribution in [1.29, 1.82) is 0 Å². The summed E-state index contributed by atoms with van der Waals surface area (Å²) in [6.07, 6.45) is 2.37. The minimum Gasteiger partial charge on any atom is -0.368 e. The van der Waals surface area contributed by atoms with Gasteiger partial charge in [-0.15, -0.1) is 24.0 Å². The van der Waals surface area contributed by atoms with Crippen molar-refractivity contribution in [3.8, 4) is 0 Å². The van der Waals surface area contributed by atoms with Gasteiger partial charge in [0, 0.05) is 46.4 Å². The summed E-state index contributed by atoms with van der Waals surface area (Å²) >= 11 is 0. The molecule has 0 bridgehead atoms. The number of hydrogen-bond acceptors (Lipinski definition) is 3. The van der Waals surface area contributed by atoms with Gasteiger partial charge in [-0.25, -0.2) is 4.39 Å². The molecule has 3 rings (SSSR count). The average Bonchev–Trinajstić information content (AvgIpc) is 3.21. The zero-order valence-electron chi connectivity index (χ0n) is 15.7. The number of rotatable bonds is 4. The molecular formula is C19H28FIN4O2. The largest absolute Gasteiger partial charge is 0.368 e. The maximum Gasteiger partial charge on any atom is 0.251 e. The number of guanidine groups is 1. The highest BCUT2D eigenvalue weighted by Gasteiger charge is 2.30. The second-order valence-electron chi connectivity index (χ2n) is 6.66. The third kappa shape index (κ3) is 6.03. The maximum absolute atomic E-state index is 12.9. The highest BCUT2D eigenvalue weighted by Crippen LogP contribution is 2.16. The third-order valence-corrected chi connectivity index (χ3v) is 4.92. The lowest BCUT2D eigenvalue weighted by Crippen LogP contribution is -2.55. The molecule has 0 aromatic heterocycles. The van der Waals surface area contributed by atoms with E-state index in [0.29, 0.717) is 19.7 Å². The van der Waals surface area contributed by atoms with Crippen molar-refractivity contribution in [3.05, 3.63) is 35.6 Å². The molecule has 8 heteroatoms. The van der Waals surface area contributed by atoms with Crippen LogP contribution in [0, 0.1) is 5.82 Å². The molecule has 0 spiro atoms. The normalized spacial score (nSPS) is 20.4. The van der Waals surface area contributed by atoms with Gasteiger partial charge in [-0.3, -0.25) is 9.79 Å². The molecule has 0 aliphatic carbocycles. The average molecular weight is 490 g/mol. The molecule has 1 N–H and O–H groups in total. The smallest absolute Gasteiger partial charge is 0.251 e. The van der Waals surface area contributed by atoms with Crippen LogP contribution in [0.5, 0.6) is 0 Å². The van der Waals surface area contributed by atoms with E-state index in [9.17, 15) is 9.18 Å². The number of nitrogens with zero attached hydrogens (tertiary/aromatic N) is 3. The van der Waals surface area contributed by atoms with E-state index in [0.717, 1.165) is 50.4 Å². The first-order chi connectivity index (χ1) is 12.7. The summed E-state index contributed by atoms with van der Waals surface area (Å²) in [4.78, 5) is 20.8. The van der Waals surface area contributed by atoms with Crippen LogP contribution in [0.15, 0.2) is 29.3 Å². The lowest BCUT2D eigenvalue weighted by atomic mass is 10.1. The molecule has 1 amide bonds. The van der Waals surface area contributed by atoms with E-state index < -0.39 is 0 Å². The fourth-order valence-corrected chi connectivity index (χ4v) is 3.42. The predicted molar refractivity (Wildman–Crippen MR) is 114 cm³/mol. The lowest BCUT2D eigenvalue weighted by Gasteiger charge is -2.37. The van der Waals surface area contributed by atoms with Crippen molar-refractivity contribution in [2.75, 3.05) is 46.4 Å². The van der Waals surface area contributed by atoms with E-state index in [1.807, 2.05) is 4.90 Å². The maximum atomic E-state index is 12.9. The number of nitrogens with one attached hydrogen (secondary N) is 1. The molecule has 2 aliphatic rings. The van der Waals surface area contributed by atoms with Gasteiger partial charge in [-0.2, -0.15) is 0 Å². The Bertz CT molecular complexity index is 627. The van der Waals surface area contributed by atoms with Crippen LogP contribution in [-0.2, 0) is 16.0 Å². The van der Waals surface area contributed by atoms with E-state index in [1.165, 1.54) is 12.1 Å². The molecule has 2 fully saturated rings. The van der Waals surface area contributed by atoms with Gasteiger partial charge < -0.3 is 19.9 Å². The zero-order chi connectivity index (χ0) is 18.4. The summed E-state index contributed by atoms with van der Waals surface area (Å²) in [7, 11) is 1.77. The Labute approximate surface area is 177 Å². The van der Waals surface area contributed by atoms with E-state index in [2.05, 4.69) is 15.2 Å². The van der Waals surface area contributed by atoms with Gasteiger partial charge >= 0.3 is 0 Å². The summed E-state index contributed by atoms with van der Waals surface area (Å²) in [6, 6.07) is 6.56. The minimum atomic E-state index is -0.241. The molecule has 150 valence electrons. The van der Waals surface area contributed by atoms with Gasteiger partial charge in [0.15, 0.2) is 5.96 Å². The van der Waals surface area contributed by atoms with Gasteiger partial charge in [0.05, 0.1) is 0 Å².